The highest BCUT2D eigenvalue weighted by Crippen LogP contribution is 2.24. The number of amides is 1. The Balaban J connectivity index is 2.05. The summed E-state index contributed by atoms with van der Waals surface area (Å²) in [6.07, 6.45) is 2.70. The lowest BCUT2D eigenvalue weighted by molar-refractivity contribution is -0.121. The Kier molecular flexibility index (Phi) is 3.81. The first-order valence-corrected chi connectivity index (χ1v) is 6.30. The molecule has 1 fully saturated rings. The van der Waals surface area contributed by atoms with E-state index < -0.39 is 6.10 Å². The van der Waals surface area contributed by atoms with Gasteiger partial charge in [-0.3, -0.25) is 9.78 Å². The molecule has 0 aliphatic carbocycles. The van der Waals surface area contributed by atoms with Gasteiger partial charge >= 0.3 is 0 Å². The number of carbonyl (C=O) groups excluding carboxylic acids is 1. The van der Waals surface area contributed by atoms with Crippen molar-refractivity contribution in [2.45, 2.75) is 25.9 Å². The molecule has 2 heterocycles. The molecule has 3 N–H and O–H groups in total. The fourth-order valence-electron chi connectivity index (χ4n) is 2.22. The van der Waals surface area contributed by atoms with Crippen LogP contribution in [0.15, 0.2) is 18.3 Å². The van der Waals surface area contributed by atoms with Crippen molar-refractivity contribution in [3.8, 4) is 0 Å². The van der Waals surface area contributed by atoms with Crippen molar-refractivity contribution in [3.05, 3.63) is 24.0 Å². The molecule has 98 valence electrons. The number of nitrogens with zero attached hydrogens (tertiary/aromatic N) is 2. The number of anilines is 1. The Hall–Kier alpha value is -1.62. The standard InChI is InChI=1S/C13H19N3O2/c1-2-12(17)11-4-3-10(7-15-11)16-6-5-9(8-16)13(14)18/h3-4,7,9,12,17H,2,5-6,8H2,1H3,(H2,14,18)/t9?,12-/m1/s1. The highest BCUT2D eigenvalue weighted by atomic mass is 16.3. The summed E-state index contributed by atoms with van der Waals surface area (Å²) in [7, 11) is 0. The maximum atomic E-state index is 11.1. The van der Waals surface area contributed by atoms with Gasteiger partial charge in [0.1, 0.15) is 0 Å². The lowest BCUT2D eigenvalue weighted by Crippen LogP contribution is -2.27. The van der Waals surface area contributed by atoms with E-state index in [9.17, 15) is 9.90 Å². The summed E-state index contributed by atoms with van der Waals surface area (Å²) in [6.45, 7) is 3.40. The number of aliphatic hydroxyl groups is 1. The molecule has 1 aromatic heterocycles. The van der Waals surface area contributed by atoms with Crippen LogP contribution in [0.5, 0.6) is 0 Å². The fourth-order valence-corrected chi connectivity index (χ4v) is 2.22. The van der Waals surface area contributed by atoms with Gasteiger partial charge in [-0.2, -0.15) is 0 Å². The molecule has 0 bridgehead atoms. The average molecular weight is 249 g/mol. The molecule has 5 nitrogen and oxygen atoms in total. The Morgan fingerprint density at radius 2 is 2.44 bits per heavy atom. The van der Waals surface area contributed by atoms with Crippen LogP contribution in [0.1, 0.15) is 31.6 Å². The highest BCUT2D eigenvalue weighted by Gasteiger charge is 2.26. The summed E-state index contributed by atoms with van der Waals surface area (Å²) >= 11 is 0. The number of aliphatic hydroxyl groups excluding tert-OH is 1. The second-order valence-electron chi connectivity index (χ2n) is 4.70. The number of primary amides is 1. The Morgan fingerprint density at radius 1 is 1.67 bits per heavy atom. The maximum absolute atomic E-state index is 11.1. The molecule has 0 radical (unpaired) electrons. The van der Waals surface area contributed by atoms with E-state index in [0.717, 1.165) is 18.7 Å². The number of aromatic nitrogens is 1. The number of hydrogen-bond donors (Lipinski definition) is 2. The third-order valence-corrected chi connectivity index (χ3v) is 3.45. The van der Waals surface area contributed by atoms with Crippen LogP contribution in [0.4, 0.5) is 5.69 Å². The fraction of sp³-hybridized carbons (Fsp3) is 0.538. The summed E-state index contributed by atoms with van der Waals surface area (Å²) in [5.41, 5.74) is 6.97. The van der Waals surface area contributed by atoms with Crippen LogP contribution in [-0.2, 0) is 4.79 Å². The summed E-state index contributed by atoms with van der Waals surface area (Å²) < 4.78 is 0. The van der Waals surface area contributed by atoms with E-state index >= 15 is 0 Å². The summed E-state index contributed by atoms with van der Waals surface area (Å²) in [6, 6.07) is 3.77. The first kappa shape index (κ1) is 12.8. The molecule has 0 aromatic carbocycles. The maximum Gasteiger partial charge on any atom is 0.222 e. The Labute approximate surface area is 107 Å². The normalized spacial score (nSPS) is 21.0. The van der Waals surface area contributed by atoms with E-state index in [1.807, 2.05) is 19.1 Å². The number of hydrogen-bond acceptors (Lipinski definition) is 4. The van der Waals surface area contributed by atoms with Gasteiger partial charge in [0.2, 0.25) is 5.91 Å². The van der Waals surface area contributed by atoms with E-state index in [1.54, 1.807) is 6.20 Å². The number of nitrogens with two attached hydrogens (primary N) is 1. The zero-order valence-corrected chi connectivity index (χ0v) is 10.5. The molecular formula is C13H19N3O2. The summed E-state index contributed by atoms with van der Waals surface area (Å²) in [5, 5.41) is 9.66. The van der Waals surface area contributed by atoms with Crippen LogP contribution in [0, 0.1) is 5.92 Å². The Morgan fingerprint density at radius 3 is 2.94 bits per heavy atom. The van der Waals surface area contributed by atoms with Crippen molar-refractivity contribution in [3.63, 3.8) is 0 Å². The second-order valence-corrected chi connectivity index (χ2v) is 4.70. The largest absolute Gasteiger partial charge is 0.387 e. The lowest BCUT2D eigenvalue weighted by Gasteiger charge is -2.18. The zero-order chi connectivity index (χ0) is 13.1. The van der Waals surface area contributed by atoms with Gasteiger partial charge in [0.15, 0.2) is 0 Å². The quantitative estimate of drug-likeness (QED) is 0.828. The lowest BCUT2D eigenvalue weighted by atomic mass is 10.1. The first-order chi connectivity index (χ1) is 8.61. The smallest absolute Gasteiger partial charge is 0.222 e. The molecule has 1 aliphatic heterocycles. The van der Waals surface area contributed by atoms with Gasteiger partial charge in [-0.15, -0.1) is 0 Å². The van der Waals surface area contributed by atoms with Crippen LogP contribution >= 0.6 is 0 Å². The van der Waals surface area contributed by atoms with Crippen molar-refractivity contribution >= 4 is 11.6 Å². The Bertz CT molecular complexity index is 419. The first-order valence-electron chi connectivity index (χ1n) is 6.30. The highest BCUT2D eigenvalue weighted by molar-refractivity contribution is 5.78. The third kappa shape index (κ3) is 2.61. The predicted molar refractivity (Wildman–Crippen MR) is 69.0 cm³/mol. The van der Waals surface area contributed by atoms with Gasteiger partial charge in [0.05, 0.1) is 29.6 Å². The van der Waals surface area contributed by atoms with Gasteiger partial charge < -0.3 is 15.7 Å². The molecule has 2 rings (SSSR count). The van der Waals surface area contributed by atoms with E-state index in [0.29, 0.717) is 18.7 Å². The predicted octanol–water partition coefficient (Wildman–Crippen LogP) is 0.837. The van der Waals surface area contributed by atoms with E-state index in [4.69, 9.17) is 5.73 Å². The molecule has 1 saturated heterocycles. The van der Waals surface area contributed by atoms with Gasteiger partial charge in [0.25, 0.3) is 0 Å². The molecule has 1 amide bonds. The van der Waals surface area contributed by atoms with Gasteiger partial charge in [0, 0.05) is 13.1 Å². The van der Waals surface area contributed by atoms with Crippen LogP contribution in [0.2, 0.25) is 0 Å². The van der Waals surface area contributed by atoms with Gasteiger partial charge in [-0.25, -0.2) is 0 Å². The zero-order valence-electron chi connectivity index (χ0n) is 10.5. The van der Waals surface area contributed by atoms with Crippen molar-refractivity contribution < 1.29 is 9.90 Å². The molecule has 1 aliphatic rings. The summed E-state index contributed by atoms with van der Waals surface area (Å²) in [4.78, 5) is 17.5. The van der Waals surface area contributed by atoms with Crippen LogP contribution in [0.3, 0.4) is 0 Å². The van der Waals surface area contributed by atoms with Crippen LogP contribution < -0.4 is 10.6 Å². The molecule has 1 unspecified atom stereocenters. The summed E-state index contributed by atoms with van der Waals surface area (Å²) in [5.74, 6) is -0.297. The average Bonchev–Trinajstić information content (AvgIpc) is 2.88. The minimum absolute atomic E-state index is 0.0640. The van der Waals surface area contributed by atoms with E-state index in [-0.39, 0.29) is 11.8 Å². The molecule has 18 heavy (non-hydrogen) atoms. The van der Waals surface area contributed by atoms with Gasteiger partial charge in [-0.1, -0.05) is 6.92 Å². The van der Waals surface area contributed by atoms with E-state index in [1.165, 1.54) is 0 Å². The number of carbonyl (C=O) groups is 1. The van der Waals surface area contributed by atoms with Crippen LogP contribution in [0.25, 0.3) is 0 Å². The topological polar surface area (TPSA) is 79.5 Å². The molecule has 0 saturated carbocycles. The second kappa shape index (κ2) is 5.35. The van der Waals surface area contributed by atoms with Gasteiger partial charge in [-0.05, 0) is 25.0 Å². The monoisotopic (exact) mass is 249 g/mol. The molecule has 2 atom stereocenters. The minimum atomic E-state index is -0.504. The molecule has 1 aromatic rings. The number of pyridine rings is 1. The van der Waals surface area contributed by atoms with Crippen molar-refractivity contribution in [1.82, 2.24) is 4.98 Å². The van der Waals surface area contributed by atoms with E-state index in [2.05, 4.69) is 9.88 Å². The molecular weight excluding hydrogens is 230 g/mol. The molecule has 0 spiro atoms. The van der Waals surface area contributed by atoms with Crippen molar-refractivity contribution in [2.24, 2.45) is 11.7 Å². The minimum Gasteiger partial charge on any atom is -0.387 e. The third-order valence-electron chi connectivity index (χ3n) is 3.45. The van der Waals surface area contributed by atoms with Crippen LogP contribution in [-0.4, -0.2) is 29.1 Å². The van der Waals surface area contributed by atoms with Crippen molar-refractivity contribution in [1.29, 1.82) is 0 Å². The van der Waals surface area contributed by atoms with Crippen molar-refractivity contribution in [2.75, 3.05) is 18.0 Å². The molecule has 5 heteroatoms. The number of rotatable bonds is 4. The SMILES string of the molecule is CC[C@@H](O)c1ccc(N2CCC(C(N)=O)C2)cn1.